The Morgan fingerprint density at radius 3 is 1.88 bits per heavy atom. The Labute approximate surface area is 96.8 Å². The summed E-state index contributed by atoms with van der Waals surface area (Å²) in [5.41, 5.74) is -0.879. The molecule has 3 N–H and O–H groups in total. The molecule has 16 heavy (non-hydrogen) atoms. The van der Waals surface area contributed by atoms with Crippen LogP contribution < -0.4 is 0 Å². The number of hydrogen-bond donors (Lipinski definition) is 3. The van der Waals surface area contributed by atoms with E-state index < -0.39 is 14.0 Å². The fraction of sp³-hybridized carbons (Fsp3) is 1.00. The van der Waals surface area contributed by atoms with Crippen LogP contribution in [0.15, 0.2) is 0 Å². The Morgan fingerprint density at radius 1 is 1.19 bits per heavy atom. The Hall–Kier alpha value is 0.0300. The SMILES string of the molecule is CCC(CC)(O[PH](=O)O)N(CCO)CCO. The number of rotatable bonds is 9. The quantitative estimate of drug-likeness (QED) is 0.402. The highest BCUT2D eigenvalue weighted by atomic mass is 31.1. The predicted octanol–water partition coefficient (Wildman–Crippen LogP) is 0.188. The fourth-order valence-electron chi connectivity index (χ4n) is 1.83. The zero-order valence-corrected chi connectivity index (χ0v) is 10.8. The molecule has 0 aromatic rings. The molecule has 0 fully saturated rings. The van der Waals surface area contributed by atoms with Crippen molar-refractivity contribution in [2.75, 3.05) is 26.3 Å². The molecule has 0 spiro atoms. The second-order valence-electron chi connectivity index (χ2n) is 3.46. The summed E-state index contributed by atoms with van der Waals surface area (Å²) >= 11 is 0. The van der Waals surface area contributed by atoms with Crippen molar-refractivity contribution in [3.8, 4) is 0 Å². The molecule has 0 amide bonds. The molecule has 0 aromatic heterocycles. The van der Waals surface area contributed by atoms with Crippen molar-refractivity contribution < 1.29 is 24.2 Å². The summed E-state index contributed by atoms with van der Waals surface area (Å²) in [6, 6.07) is 0. The van der Waals surface area contributed by atoms with Gasteiger partial charge in [-0.05, 0) is 12.8 Å². The van der Waals surface area contributed by atoms with Crippen LogP contribution in [0.5, 0.6) is 0 Å². The minimum Gasteiger partial charge on any atom is -0.395 e. The Balaban J connectivity index is 4.84. The summed E-state index contributed by atoms with van der Waals surface area (Å²) in [7, 11) is -3.05. The van der Waals surface area contributed by atoms with Gasteiger partial charge in [0, 0.05) is 13.1 Å². The van der Waals surface area contributed by atoms with E-state index in [-0.39, 0.29) is 13.2 Å². The molecule has 0 heterocycles. The van der Waals surface area contributed by atoms with Gasteiger partial charge in [-0.2, -0.15) is 0 Å². The maximum absolute atomic E-state index is 10.9. The van der Waals surface area contributed by atoms with Crippen LogP contribution in [0.1, 0.15) is 26.7 Å². The highest BCUT2D eigenvalue weighted by Crippen LogP contribution is 2.34. The van der Waals surface area contributed by atoms with Crippen LogP contribution in [-0.4, -0.2) is 52.0 Å². The molecular formula is C9H22NO5P. The van der Waals surface area contributed by atoms with Gasteiger partial charge in [0.05, 0.1) is 13.2 Å². The molecule has 0 saturated carbocycles. The topological polar surface area (TPSA) is 90.2 Å². The van der Waals surface area contributed by atoms with E-state index in [4.69, 9.17) is 19.6 Å². The van der Waals surface area contributed by atoms with Gasteiger partial charge < -0.3 is 15.1 Å². The molecule has 0 saturated heterocycles. The van der Waals surface area contributed by atoms with Crippen LogP contribution in [0.25, 0.3) is 0 Å². The maximum atomic E-state index is 10.9. The lowest BCUT2D eigenvalue weighted by molar-refractivity contribution is -0.102. The van der Waals surface area contributed by atoms with Gasteiger partial charge in [0.1, 0.15) is 5.72 Å². The van der Waals surface area contributed by atoms with E-state index in [0.717, 1.165) is 0 Å². The summed E-state index contributed by atoms with van der Waals surface area (Å²) in [4.78, 5) is 10.6. The molecule has 0 aliphatic carbocycles. The molecule has 0 radical (unpaired) electrons. The van der Waals surface area contributed by atoms with Crippen LogP contribution in [0.2, 0.25) is 0 Å². The highest BCUT2D eigenvalue weighted by Gasteiger charge is 2.35. The van der Waals surface area contributed by atoms with E-state index in [1.54, 1.807) is 4.90 Å². The lowest BCUT2D eigenvalue weighted by Gasteiger charge is -2.41. The van der Waals surface area contributed by atoms with E-state index in [2.05, 4.69) is 0 Å². The maximum Gasteiger partial charge on any atom is 0.318 e. The normalized spacial score (nSPS) is 14.4. The lowest BCUT2D eigenvalue weighted by Crippen LogP contribution is -2.51. The summed E-state index contributed by atoms with van der Waals surface area (Å²) in [6.07, 6.45) is 1.03. The number of aliphatic hydroxyl groups excluding tert-OH is 2. The predicted molar refractivity (Wildman–Crippen MR) is 61.4 cm³/mol. The third-order valence-corrected chi connectivity index (χ3v) is 3.25. The molecule has 0 aliphatic heterocycles. The second kappa shape index (κ2) is 8.17. The van der Waals surface area contributed by atoms with Crippen LogP contribution in [0, 0.1) is 0 Å². The summed E-state index contributed by atoms with van der Waals surface area (Å²) in [6.45, 7) is 4.12. The molecular weight excluding hydrogens is 233 g/mol. The van der Waals surface area contributed by atoms with E-state index in [9.17, 15) is 4.57 Å². The van der Waals surface area contributed by atoms with E-state index in [1.165, 1.54) is 0 Å². The first kappa shape index (κ1) is 16.0. The molecule has 6 nitrogen and oxygen atoms in total. The van der Waals surface area contributed by atoms with Gasteiger partial charge in [-0.1, -0.05) is 13.8 Å². The summed E-state index contributed by atoms with van der Waals surface area (Å²) in [5, 5.41) is 17.9. The molecule has 1 atom stereocenters. The molecule has 0 aliphatic rings. The van der Waals surface area contributed by atoms with Crippen LogP contribution in [0.4, 0.5) is 0 Å². The molecule has 0 bridgehead atoms. The fourth-order valence-corrected chi connectivity index (χ4v) is 2.57. The van der Waals surface area contributed by atoms with Crippen molar-refractivity contribution in [3.05, 3.63) is 0 Å². The first-order valence-electron chi connectivity index (χ1n) is 5.45. The van der Waals surface area contributed by atoms with Crippen molar-refractivity contribution in [1.82, 2.24) is 4.90 Å². The van der Waals surface area contributed by atoms with Gasteiger partial charge in [0.15, 0.2) is 0 Å². The average Bonchev–Trinajstić information content (AvgIpc) is 2.25. The average molecular weight is 255 g/mol. The van der Waals surface area contributed by atoms with Gasteiger partial charge >= 0.3 is 8.25 Å². The van der Waals surface area contributed by atoms with Gasteiger partial charge in [-0.15, -0.1) is 0 Å². The second-order valence-corrected chi connectivity index (χ2v) is 4.19. The molecule has 98 valence electrons. The summed E-state index contributed by atoms with van der Waals surface area (Å²) < 4.78 is 16.0. The van der Waals surface area contributed by atoms with E-state index in [1.807, 2.05) is 13.8 Å². The van der Waals surface area contributed by atoms with Crippen molar-refractivity contribution in [3.63, 3.8) is 0 Å². The Bertz CT molecular complexity index is 204. The van der Waals surface area contributed by atoms with Gasteiger partial charge in [-0.25, -0.2) is 0 Å². The first-order valence-corrected chi connectivity index (χ1v) is 6.71. The minimum absolute atomic E-state index is 0.0858. The van der Waals surface area contributed by atoms with Gasteiger partial charge in [-0.3, -0.25) is 14.0 Å². The van der Waals surface area contributed by atoms with Crippen LogP contribution in [-0.2, 0) is 9.09 Å². The van der Waals surface area contributed by atoms with Gasteiger partial charge in [0.2, 0.25) is 0 Å². The minimum atomic E-state index is -3.05. The number of hydrogen-bond acceptors (Lipinski definition) is 5. The third kappa shape index (κ3) is 4.49. The van der Waals surface area contributed by atoms with Crippen molar-refractivity contribution in [1.29, 1.82) is 0 Å². The zero-order chi connectivity index (χ0) is 12.6. The monoisotopic (exact) mass is 255 g/mol. The largest absolute Gasteiger partial charge is 0.395 e. The molecule has 0 rings (SSSR count). The van der Waals surface area contributed by atoms with E-state index >= 15 is 0 Å². The Kier molecular flexibility index (Phi) is 8.18. The molecule has 0 aromatic carbocycles. The van der Waals surface area contributed by atoms with Crippen molar-refractivity contribution in [2.24, 2.45) is 0 Å². The van der Waals surface area contributed by atoms with Crippen molar-refractivity contribution in [2.45, 2.75) is 32.4 Å². The molecule has 7 heteroatoms. The van der Waals surface area contributed by atoms with E-state index in [0.29, 0.717) is 25.9 Å². The smallest absolute Gasteiger partial charge is 0.318 e. The van der Waals surface area contributed by atoms with Gasteiger partial charge in [0.25, 0.3) is 0 Å². The number of aliphatic hydroxyl groups is 2. The van der Waals surface area contributed by atoms with Crippen LogP contribution in [0.3, 0.4) is 0 Å². The third-order valence-electron chi connectivity index (χ3n) is 2.70. The lowest BCUT2D eigenvalue weighted by atomic mass is 10.1. The van der Waals surface area contributed by atoms with Crippen molar-refractivity contribution >= 4 is 8.25 Å². The standard InChI is InChI=1S/C9H22NO5P/c1-3-9(4-2,15-16(13)14)10(5-7-11)6-8-12/h11-12,16H,3-8H2,1-2H3,(H,13,14). The highest BCUT2D eigenvalue weighted by molar-refractivity contribution is 7.32. The zero-order valence-electron chi connectivity index (χ0n) is 9.85. The number of nitrogens with zero attached hydrogens (tertiary/aromatic N) is 1. The Morgan fingerprint density at radius 2 is 1.62 bits per heavy atom. The summed E-state index contributed by atoms with van der Waals surface area (Å²) in [5.74, 6) is 0. The first-order chi connectivity index (χ1) is 7.56. The van der Waals surface area contributed by atoms with Crippen LogP contribution >= 0.6 is 8.25 Å². The molecule has 1 unspecified atom stereocenters.